The Labute approximate surface area is 102 Å². The first-order valence-corrected chi connectivity index (χ1v) is 5.64. The van der Waals surface area contributed by atoms with E-state index < -0.39 is 0 Å². The van der Waals surface area contributed by atoms with Crippen molar-refractivity contribution >= 4 is 5.71 Å². The summed E-state index contributed by atoms with van der Waals surface area (Å²) in [6.45, 7) is 0. The lowest BCUT2D eigenvalue weighted by molar-refractivity contribution is 0.438. The fourth-order valence-corrected chi connectivity index (χ4v) is 1.67. The molecular weight excluding hydrogens is 208 g/mol. The van der Waals surface area contributed by atoms with Crippen molar-refractivity contribution in [3.8, 4) is 0 Å². The largest absolute Gasteiger partial charge is 0.303 e. The van der Waals surface area contributed by atoms with Crippen LogP contribution in [0.1, 0.15) is 11.1 Å². The van der Waals surface area contributed by atoms with Crippen molar-refractivity contribution < 1.29 is 0 Å². The number of rotatable bonds is 3. The van der Waals surface area contributed by atoms with Gasteiger partial charge in [-0.3, -0.25) is 0 Å². The van der Waals surface area contributed by atoms with E-state index in [4.69, 9.17) is 0 Å². The zero-order valence-corrected chi connectivity index (χ0v) is 10.2. The number of hydrogen-bond donors (Lipinski definition) is 0. The monoisotopic (exact) mass is 224 g/mol. The number of benzene rings is 2. The predicted octanol–water partition coefficient (Wildman–Crippen LogP) is 3.00. The number of nitrogens with zero attached hydrogens (tertiary/aromatic N) is 2. The Balaban J connectivity index is 2.47. The van der Waals surface area contributed by atoms with Crippen LogP contribution in [0.25, 0.3) is 0 Å². The lowest BCUT2D eigenvalue weighted by Gasteiger charge is -2.11. The molecule has 0 radical (unpaired) electrons. The summed E-state index contributed by atoms with van der Waals surface area (Å²) in [5, 5.41) is 6.40. The summed E-state index contributed by atoms with van der Waals surface area (Å²) >= 11 is 0. The van der Waals surface area contributed by atoms with Gasteiger partial charge in [0.25, 0.3) is 0 Å². The van der Waals surface area contributed by atoms with Crippen LogP contribution in [0.3, 0.4) is 0 Å². The molecule has 0 aromatic heterocycles. The minimum Gasteiger partial charge on any atom is -0.303 e. The molecule has 0 atom stereocenters. The summed E-state index contributed by atoms with van der Waals surface area (Å²) in [6, 6.07) is 20.5. The van der Waals surface area contributed by atoms with E-state index >= 15 is 0 Å². The molecule has 2 aromatic rings. The highest BCUT2D eigenvalue weighted by Crippen LogP contribution is 2.11. The van der Waals surface area contributed by atoms with Crippen molar-refractivity contribution in [1.82, 2.24) is 5.01 Å². The van der Waals surface area contributed by atoms with Crippen molar-refractivity contribution in [2.75, 3.05) is 14.1 Å². The zero-order chi connectivity index (χ0) is 12.1. The van der Waals surface area contributed by atoms with Crippen LogP contribution in [0.2, 0.25) is 0 Å². The van der Waals surface area contributed by atoms with Crippen molar-refractivity contribution in [2.24, 2.45) is 5.10 Å². The highest BCUT2D eigenvalue weighted by Gasteiger charge is 2.06. The van der Waals surface area contributed by atoms with Gasteiger partial charge in [0.15, 0.2) is 0 Å². The van der Waals surface area contributed by atoms with Crippen molar-refractivity contribution in [2.45, 2.75) is 0 Å². The highest BCUT2D eigenvalue weighted by molar-refractivity contribution is 6.12. The van der Waals surface area contributed by atoms with E-state index in [0.29, 0.717) is 0 Å². The Hall–Kier alpha value is -2.09. The molecule has 0 aliphatic heterocycles. The Morgan fingerprint density at radius 2 is 1.18 bits per heavy atom. The van der Waals surface area contributed by atoms with Gasteiger partial charge >= 0.3 is 0 Å². The van der Waals surface area contributed by atoms with Gasteiger partial charge in [0, 0.05) is 25.2 Å². The van der Waals surface area contributed by atoms with Gasteiger partial charge in [-0.25, -0.2) is 0 Å². The highest BCUT2D eigenvalue weighted by atomic mass is 15.4. The van der Waals surface area contributed by atoms with Gasteiger partial charge in [0.2, 0.25) is 0 Å². The molecular formula is C15H16N2. The molecule has 0 saturated carbocycles. The predicted molar refractivity (Wildman–Crippen MR) is 72.2 cm³/mol. The molecule has 2 heteroatoms. The van der Waals surface area contributed by atoms with Crippen molar-refractivity contribution in [3.05, 3.63) is 71.8 Å². The average Bonchev–Trinajstić information content (AvgIpc) is 2.38. The van der Waals surface area contributed by atoms with Crippen molar-refractivity contribution in [3.63, 3.8) is 0 Å². The average molecular weight is 224 g/mol. The quantitative estimate of drug-likeness (QED) is 0.578. The zero-order valence-electron chi connectivity index (χ0n) is 10.2. The standard InChI is InChI=1S/C15H16N2/c1-17(2)16-15(13-9-5-3-6-10-13)14-11-7-4-8-12-14/h3-12H,1-2H3. The van der Waals surface area contributed by atoms with Crippen LogP contribution in [0, 0.1) is 0 Å². The van der Waals surface area contributed by atoms with E-state index in [1.807, 2.05) is 55.5 Å². The van der Waals surface area contributed by atoms with Crippen molar-refractivity contribution in [1.29, 1.82) is 0 Å². The summed E-state index contributed by atoms with van der Waals surface area (Å²) in [7, 11) is 3.87. The van der Waals surface area contributed by atoms with Gasteiger partial charge in [-0.15, -0.1) is 0 Å². The Bertz CT molecular complexity index is 445. The Morgan fingerprint density at radius 3 is 1.53 bits per heavy atom. The number of hydrazone groups is 1. The van der Waals surface area contributed by atoms with E-state index in [2.05, 4.69) is 29.4 Å². The molecule has 2 nitrogen and oxygen atoms in total. The van der Waals surface area contributed by atoms with E-state index in [1.165, 1.54) is 0 Å². The first kappa shape index (κ1) is 11.4. The van der Waals surface area contributed by atoms with E-state index in [9.17, 15) is 0 Å². The third-order valence-electron chi connectivity index (χ3n) is 2.39. The molecule has 2 aromatic carbocycles. The molecule has 0 aliphatic rings. The van der Waals surface area contributed by atoms with Crippen LogP contribution in [0.15, 0.2) is 65.8 Å². The second-order valence-electron chi connectivity index (χ2n) is 4.03. The molecule has 0 saturated heterocycles. The Kier molecular flexibility index (Phi) is 3.55. The van der Waals surface area contributed by atoms with E-state index in [-0.39, 0.29) is 0 Å². The molecule has 0 bridgehead atoms. The minimum atomic E-state index is 0.996. The first-order chi connectivity index (χ1) is 8.27. The maximum Gasteiger partial charge on any atom is 0.0975 e. The summed E-state index contributed by atoms with van der Waals surface area (Å²) in [6.07, 6.45) is 0. The summed E-state index contributed by atoms with van der Waals surface area (Å²) in [4.78, 5) is 0. The van der Waals surface area contributed by atoms with Gasteiger partial charge < -0.3 is 5.01 Å². The fourth-order valence-electron chi connectivity index (χ4n) is 1.67. The molecule has 0 spiro atoms. The topological polar surface area (TPSA) is 15.6 Å². The molecule has 0 N–H and O–H groups in total. The second-order valence-corrected chi connectivity index (χ2v) is 4.03. The van der Waals surface area contributed by atoms with Crippen LogP contribution in [0.5, 0.6) is 0 Å². The van der Waals surface area contributed by atoms with Gasteiger partial charge in [0.1, 0.15) is 0 Å². The maximum absolute atomic E-state index is 4.57. The molecule has 2 rings (SSSR count). The smallest absolute Gasteiger partial charge is 0.0975 e. The molecule has 0 unspecified atom stereocenters. The minimum absolute atomic E-state index is 0.996. The Morgan fingerprint density at radius 1 is 0.765 bits per heavy atom. The third kappa shape index (κ3) is 2.94. The molecule has 0 aliphatic carbocycles. The molecule has 0 fully saturated rings. The summed E-state index contributed by atoms with van der Waals surface area (Å²) < 4.78 is 0. The van der Waals surface area contributed by atoms with Crippen LogP contribution in [-0.4, -0.2) is 24.8 Å². The molecule has 17 heavy (non-hydrogen) atoms. The number of hydrogen-bond acceptors (Lipinski definition) is 2. The maximum atomic E-state index is 4.57. The lowest BCUT2D eigenvalue weighted by Crippen LogP contribution is -2.11. The van der Waals surface area contributed by atoms with Crippen LogP contribution in [-0.2, 0) is 0 Å². The normalized spacial score (nSPS) is 9.76. The molecule has 0 heterocycles. The lowest BCUT2D eigenvalue weighted by atomic mass is 10.0. The molecule has 86 valence electrons. The van der Waals surface area contributed by atoms with Crippen LogP contribution in [0.4, 0.5) is 0 Å². The summed E-state index contributed by atoms with van der Waals surface area (Å²) in [5.41, 5.74) is 3.26. The second kappa shape index (κ2) is 5.30. The molecule has 0 amide bonds. The van der Waals surface area contributed by atoms with Crippen LogP contribution < -0.4 is 0 Å². The third-order valence-corrected chi connectivity index (χ3v) is 2.39. The first-order valence-electron chi connectivity index (χ1n) is 5.64. The SMILES string of the molecule is CN(C)N=C(c1ccccc1)c1ccccc1. The van der Waals surface area contributed by atoms with E-state index in [0.717, 1.165) is 16.8 Å². The van der Waals surface area contributed by atoms with Gasteiger partial charge in [-0.05, 0) is 0 Å². The van der Waals surface area contributed by atoms with Gasteiger partial charge in [-0.1, -0.05) is 60.7 Å². The van der Waals surface area contributed by atoms with Crippen LogP contribution >= 0.6 is 0 Å². The van der Waals surface area contributed by atoms with Gasteiger partial charge in [0.05, 0.1) is 5.71 Å². The van der Waals surface area contributed by atoms with Gasteiger partial charge in [-0.2, -0.15) is 5.10 Å². The summed E-state index contributed by atoms with van der Waals surface area (Å²) in [5.74, 6) is 0. The van der Waals surface area contributed by atoms with E-state index in [1.54, 1.807) is 0 Å². The fraction of sp³-hybridized carbons (Fsp3) is 0.133.